The quantitative estimate of drug-likeness (QED) is 0.223. The molecule has 1 unspecified atom stereocenters. The predicted molar refractivity (Wildman–Crippen MR) is 188 cm³/mol. The standard InChI is InChI=1S/C35H47N5O8S2/c1-27(2)24-40(49(43,44)30-9-10-31-32(21-30)48-26-47-31)16-13-35(42,22-28-7-5-4-6-8-28)34(3,23-33(36)41)50(45,46)39-19-17-38(18-20-39)25-29-11-14-37-15-12-29/h4-12,14-15,21,27,42H,13,16-20,22-26H2,1-3H3,(H2,36,41)/t34?,35-/m0/s1. The average Bonchev–Trinajstić information content (AvgIpc) is 3.55. The van der Waals surface area contributed by atoms with Crippen molar-refractivity contribution in [3.05, 3.63) is 84.2 Å². The summed E-state index contributed by atoms with van der Waals surface area (Å²) in [6, 6.07) is 17.0. The summed E-state index contributed by atoms with van der Waals surface area (Å²) in [5.41, 5.74) is 5.28. The third kappa shape index (κ3) is 8.13. The third-order valence-corrected chi connectivity index (χ3v) is 14.1. The van der Waals surface area contributed by atoms with E-state index in [1.165, 1.54) is 33.7 Å². The van der Waals surface area contributed by atoms with Crippen LogP contribution in [0.1, 0.15) is 44.7 Å². The fourth-order valence-corrected chi connectivity index (χ4v) is 10.5. The molecule has 272 valence electrons. The topological polar surface area (TPSA) is 173 Å². The number of benzene rings is 2. The molecular weight excluding hydrogens is 683 g/mol. The molecule has 2 aliphatic heterocycles. The van der Waals surface area contributed by atoms with Crippen molar-refractivity contribution in [2.24, 2.45) is 11.7 Å². The number of piperazine rings is 1. The molecule has 3 heterocycles. The van der Waals surface area contributed by atoms with Crippen molar-refractivity contribution in [2.75, 3.05) is 46.1 Å². The number of carbonyl (C=O) groups is 1. The molecule has 13 nitrogen and oxygen atoms in total. The van der Waals surface area contributed by atoms with Crippen LogP contribution in [0.3, 0.4) is 0 Å². The van der Waals surface area contributed by atoms with E-state index < -0.39 is 42.7 Å². The van der Waals surface area contributed by atoms with Gasteiger partial charge >= 0.3 is 0 Å². The molecule has 3 aromatic rings. The third-order valence-electron chi connectivity index (χ3n) is 9.56. The Morgan fingerprint density at radius 2 is 1.62 bits per heavy atom. The van der Waals surface area contributed by atoms with Gasteiger partial charge in [-0.2, -0.15) is 8.61 Å². The highest BCUT2D eigenvalue weighted by Crippen LogP contribution is 2.42. The molecule has 2 aliphatic rings. The first-order valence-corrected chi connectivity index (χ1v) is 19.6. The molecule has 3 N–H and O–H groups in total. The van der Waals surface area contributed by atoms with E-state index in [4.69, 9.17) is 15.2 Å². The van der Waals surface area contributed by atoms with Crippen LogP contribution < -0.4 is 15.2 Å². The highest BCUT2D eigenvalue weighted by atomic mass is 32.2. The summed E-state index contributed by atoms with van der Waals surface area (Å²) >= 11 is 0. The Labute approximate surface area is 295 Å². The van der Waals surface area contributed by atoms with Gasteiger partial charge in [0.05, 0.1) is 10.5 Å². The Morgan fingerprint density at radius 1 is 0.960 bits per heavy atom. The van der Waals surface area contributed by atoms with Crippen LogP contribution in [0, 0.1) is 5.92 Å². The van der Waals surface area contributed by atoms with Crippen molar-refractivity contribution in [2.45, 2.75) is 61.8 Å². The summed E-state index contributed by atoms with van der Waals surface area (Å²) in [6.07, 6.45) is 2.28. The van der Waals surface area contributed by atoms with E-state index in [9.17, 15) is 26.7 Å². The van der Waals surface area contributed by atoms with Crippen LogP contribution in [0.2, 0.25) is 0 Å². The Bertz CT molecular complexity index is 1840. The average molecular weight is 730 g/mol. The summed E-state index contributed by atoms with van der Waals surface area (Å²) in [6.45, 7) is 6.70. The SMILES string of the molecule is CC(C)CN(CC[C@](O)(Cc1ccccc1)C(C)(CC(N)=O)S(=O)(=O)N1CCN(Cc2ccncc2)CC1)S(=O)(=O)c1ccc2c(c1)OCO2. The molecule has 1 saturated heterocycles. The molecule has 2 atom stereocenters. The van der Waals surface area contributed by atoms with Crippen molar-refractivity contribution in [1.82, 2.24) is 18.5 Å². The number of nitrogens with two attached hydrogens (primary N) is 1. The number of primary amides is 1. The van der Waals surface area contributed by atoms with Crippen LogP contribution in [0.25, 0.3) is 0 Å². The zero-order valence-electron chi connectivity index (χ0n) is 28.8. The minimum atomic E-state index is -4.41. The number of ether oxygens (including phenoxy) is 2. The number of sulfonamides is 2. The Balaban J connectivity index is 1.47. The second kappa shape index (κ2) is 15.3. The smallest absolute Gasteiger partial charge is 0.243 e. The Hall–Kier alpha value is -3.60. The van der Waals surface area contributed by atoms with Crippen molar-refractivity contribution in [3.8, 4) is 11.5 Å². The van der Waals surface area contributed by atoms with Crippen LogP contribution in [-0.2, 0) is 37.8 Å². The van der Waals surface area contributed by atoms with Crippen LogP contribution in [0.5, 0.6) is 11.5 Å². The lowest BCUT2D eigenvalue weighted by Crippen LogP contribution is -2.65. The van der Waals surface area contributed by atoms with Gasteiger partial charge < -0.3 is 20.3 Å². The number of carbonyl (C=O) groups excluding carboxylic acids is 1. The zero-order chi connectivity index (χ0) is 36.2. The van der Waals surface area contributed by atoms with E-state index in [2.05, 4.69) is 9.88 Å². The molecule has 15 heteroatoms. The van der Waals surface area contributed by atoms with Crippen LogP contribution in [-0.4, -0.2) is 103 Å². The van der Waals surface area contributed by atoms with Gasteiger partial charge in [0, 0.05) is 77.1 Å². The fraction of sp³-hybridized carbons (Fsp3) is 0.486. The van der Waals surface area contributed by atoms with E-state index in [1.807, 2.05) is 26.0 Å². The number of aromatic nitrogens is 1. The fourth-order valence-electron chi connectivity index (χ4n) is 6.67. The van der Waals surface area contributed by atoms with Gasteiger partial charge in [-0.15, -0.1) is 0 Å². The molecule has 1 fully saturated rings. The van der Waals surface area contributed by atoms with Crippen molar-refractivity contribution < 1.29 is 36.2 Å². The van der Waals surface area contributed by atoms with Crippen LogP contribution >= 0.6 is 0 Å². The number of pyridine rings is 1. The lowest BCUT2D eigenvalue weighted by Gasteiger charge is -2.48. The second-order valence-corrected chi connectivity index (χ2v) is 17.9. The Morgan fingerprint density at radius 3 is 2.26 bits per heavy atom. The van der Waals surface area contributed by atoms with Crippen molar-refractivity contribution in [1.29, 1.82) is 0 Å². The zero-order valence-corrected chi connectivity index (χ0v) is 30.4. The van der Waals surface area contributed by atoms with Gasteiger partial charge in [0.2, 0.25) is 32.7 Å². The van der Waals surface area contributed by atoms with Crippen molar-refractivity contribution in [3.63, 3.8) is 0 Å². The maximum absolute atomic E-state index is 14.8. The second-order valence-electron chi connectivity index (χ2n) is 13.6. The summed E-state index contributed by atoms with van der Waals surface area (Å²) < 4.78 is 69.0. The Kier molecular flexibility index (Phi) is 11.5. The number of amides is 1. The first kappa shape index (κ1) is 37.7. The summed E-state index contributed by atoms with van der Waals surface area (Å²) in [5, 5.41) is 12.8. The first-order valence-electron chi connectivity index (χ1n) is 16.7. The normalized spacial score (nSPS) is 18.2. The van der Waals surface area contributed by atoms with Gasteiger partial charge in [-0.1, -0.05) is 44.2 Å². The molecule has 0 aliphatic carbocycles. The monoisotopic (exact) mass is 729 g/mol. The first-order chi connectivity index (χ1) is 23.6. The maximum atomic E-state index is 14.8. The van der Waals surface area contributed by atoms with E-state index in [1.54, 1.807) is 42.7 Å². The lowest BCUT2D eigenvalue weighted by molar-refractivity contribution is -0.121. The number of fused-ring (bicyclic) bond motifs is 1. The lowest BCUT2D eigenvalue weighted by atomic mass is 9.78. The highest BCUT2D eigenvalue weighted by molar-refractivity contribution is 7.90. The summed E-state index contributed by atoms with van der Waals surface area (Å²) in [5.74, 6) is -0.268. The summed E-state index contributed by atoms with van der Waals surface area (Å²) in [4.78, 5) is 18.9. The van der Waals surface area contributed by atoms with Gasteiger partial charge in [0.25, 0.3) is 0 Å². The molecule has 1 amide bonds. The van der Waals surface area contributed by atoms with Gasteiger partial charge in [-0.3, -0.25) is 14.7 Å². The maximum Gasteiger partial charge on any atom is 0.243 e. The molecule has 0 bridgehead atoms. The molecule has 1 aromatic heterocycles. The van der Waals surface area contributed by atoms with Crippen molar-refractivity contribution >= 4 is 26.0 Å². The van der Waals surface area contributed by atoms with E-state index in [0.717, 1.165) is 5.56 Å². The molecule has 0 radical (unpaired) electrons. The van der Waals surface area contributed by atoms with E-state index >= 15 is 0 Å². The summed E-state index contributed by atoms with van der Waals surface area (Å²) in [7, 11) is -8.55. The molecule has 5 rings (SSSR count). The van der Waals surface area contributed by atoms with Crippen LogP contribution in [0.15, 0.2) is 78.0 Å². The number of nitrogens with zero attached hydrogens (tertiary/aromatic N) is 4. The minimum absolute atomic E-state index is 0.0201. The van der Waals surface area contributed by atoms with E-state index in [0.29, 0.717) is 36.7 Å². The molecule has 0 saturated carbocycles. The van der Waals surface area contributed by atoms with Gasteiger partial charge in [-0.05, 0) is 54.7 Å². The van der Waals surface area contributed by atoms with Gasteiger partial charge in [0.1, 0.15) is 4.75 Å². The van der Waals surface area contributed by atoms with E-state index in [-0.39, 0.29) is 56.6 Å². The number of hydrogen-bond acceptors (Lipinski definition) is 10. The van der Waals surface area contributed by atoms with Gasteiger partial charge in [-0.25, -0.2) is 16.8 Å². The minimum Gasteiger partial charge on any atom is -0.454 e. The largest absolute Gasteiger partial charge is 0.454 e. The van der Waals surface area contributed by atoms with Gasteiger partial charge in [0.15, 0.2) is 11.5 Å². The number of rotatable bonds is 16. The molecular formula is C35H47N5O8S2. The number of hydrogen-bond donors (Lipinski definition) is 2. The highest BCUT2D eigenvalue weighted by Gasteiger charge is 2.58. The molecule has 50 heavy (non-hydrogen) atoms. The number of aliphatic hydroxyl groups is 1. The predicted octanol–water partition coefficient (Wildman–Crippen LogP) is 2.60. The van der Waals surface area contributed by atoms with Crippen LogP contribution in [0.4, 0.5) is 0 Å². The molecule has 0 spiro atoms. The molecule has 2 aromatic carbocycles.